The number of primary amides is 1. The Morgan fingerprint density at radius 3 is 2.86 bits per heavy atom. The molecule has 0 aliphatic heterocycles. The summed E-state index contributed by atoms with van der Waals surface area (Å²) >= 11 is 6.08. The zero-order chi connectivity index (χ0) is 15.2. The normalized spacial score (nSPS) is 12.3. The van der Waals surface area contributed by atoms with E-state index in [1.165, 1.54) is 6.33 Å². The number of hydrogen-bond acceptors (Lipinski definition) is 3. The molecular weight excluding hydrogens is 290 g/mol. The van der Waals surface area contributed by atoms with Crippen molar-refractivity contribution in [2.75, 3.05) is 0 Å². The summed E-state index contributed by atoms with van der Waals surface area (Å²) in [5.74, 6) is -0.568. The molecule has 6 heteroatoms. The molecule has 2 rings (SSSR count). The minimum atomic E-state index is -0.568. The third-order valence-electron chi connectivity index (χ3n) is 3.25. The third-order valence-corrected chi connectivity index (χ3v) is 3.62. The second-order valence-electron chi connectivity index (χ2n) is 4.96. The van der Waals surface area contributed by atoms with Crippen molar-refractivity contribution in [3.63, 3.8) is 0 Å². The van der Waals surface area contributed by atoms with Crippen molar-refractivity contribution in [2.45, 2.75) is 31.9 Å². The number of aliphatic hydroxyl groups excluding tert-OH is 1. The molecule has 3 N–H and O–H groups in total. The molecule has 1 aromatic carbocycles. The van der Waals surface area contributed by atoms with Gasteiger partial charge in [-0.3, -0.25) is 4.79 Å². The first-order valence-electron chi connectivity index (χ1n) is 6.79. The third kappa shape index (κ3) is 4.58. The Kier molecular flexibility index (Phi) is 5.36. The lowest BCUT2D eigenvalue weighted by atomic mass is 10.1. The monoisotopic (exact) mass is 307 g/mol. The highest BCUT2D eigenvalue weighted by Crippen LogP contribution is 2.17. The van der Waals surface area contributed by atoms with Crippen molar-refractivity contribution in [1.82, 2.24) is 9.55 Å². The van der Waals surface area contributed by atoms with Gasteiger partial charge in [0.25, 0.3) is 5.91 Å². The first kappa shape index (κ1) is 15.5. The van der Waals surface area contributed by atoms with Gasteiger partial charge in [-0.15, -0.1) is 0 Å². The standard InChI is InChI=1S/C15H18ClN3O2/c16-13-7-2-1-4-11(13)5-3-6-12(20)8-19-9-14(15(17)21)18-10-19/h1-2,4,7,9-10,12,20H,3,5-6,8H2,(H2,17,21). The van der Waals surface area contributed by atoms with E-state index in [2.05, 4.69) is 4.98 Å². The summed E-state index contributed by atoms with van der Waals surface area (Å²) < 4.78 is 1.67. The van der Waals surface area contributed by atoms with Gasteiger partial charge in [0.05, 0.1) is 12.4 Å². The summed E-state index contributed by atoms with van der Waals surface area (Å²) in [5, 5.41) is 10.8. The molecule has 0 aliphatic carbocycles. The molecular formula is C15H18ClN3O2. The van der Waals surface area contributed by atoms with Gasteiger partial charge in [0.15, 0.2) is 0 Å². The molecule has 5 nitrogen and oxygen atoms in total. The van der Waals surface area contributed by atoms with Crippen LogP contribution in [0.3, 0.4) is 0 Å². The van der Waals surface area contributed by atoms with Gasteiger partial charge >= 0.3 is 0 Å². The van der Waals surface area contributed by atoms with E-state index in [1.54, 1.807) is 10.8 Å². The highest BCUT2D eigenvalue weighted by atomic mass is 35.5. The lowest BCUT2D eigenvalue weighted by Gasteiger charge is -2.11. The van der Waals surface area contributed by atoms with E-state index in [9.17, 15) is 9.90 Å². The number of benzene rings is 1. The van der Waals surface area contributed by atoms with Crippen LogP contribution in [-0.2, 0) is 13.0 Å². The van der Waals surface area contributed by atoms with Gasteiger partial charge in [-0.1, -0.05) is 29.8 Å². The van der Waals surface area contributed by atoms with E-state index >= 15 is 0 Å². The van der Waals surface area contributed by atoms with E-state index in [-0.39, 0.29) is 5.69 Å². The zero-order valence-electron chi connectivity index (χ0n) is 11.6. The van der Waals surface area contributed by atoms with Crippen LogP contribution in [0.4, 0.5) is 0 Å². The second kappa shape index (κ2) is 7.24. The molecule has 0 spiro atoms. The number of halogens is 1. The highest BCUT2D eigenvalue weighted by Gasteiger charge is 2.09. The van der Waals surface area contributed by atoms with Crippen LogP contribution < -0.4 is 5.73 Å². The summed E-state index contributed by atoms with van der Waals surface area (Å²) in [6.07, 6.45) is 4.85. The molecule has 2 aromatic rings. The molecule has 0 radical (unpaired) electrons. The summed E-state index contributed by atoms with van der Waals surface area (Å²) in [6.45, 7) is 0.392. The molecule has 1 amide bonds. The number of nitrogens with two attached hydrogens (primary N) is 1. The van der Waals surface area contributed by atoms with Crippen molar-refractivity contribution >= 4 is 17.5 Å². The molecule has 1 aromatic heterocycles. The molecule has 112 valence electrons. The Morgan fingerprint density at radius 1 is 1.43 bits per heavy atom. The second-order valence-corrected chi connectivity index (χ2v) is 5.36. The number of aliphatic hydroxyl groups is 1. The van der Waals surface area contributed by atoms with Crippen LogP contribution in [0.15, 0.2) is 36.8 Å². The quantitative estimate of drug-likeness (QED) is 0.821. The molecule has 0 saturated carbocycles. The molecule has 0 fully saturated rings. The number of aryl methyl sites for hydroxylation is 1. The molecule has 0 aliphatic rings. The van der Waals surface area contributed by atoms with Crippen molar-refractivity contribution in [2.24, 2.45) is 5.73 Å². The summed E-state index contributed by atoms with van der Waals surface area (Å²) in [5.41, 5.74) is 6.42. The number of carbonyl (C=O) groups excluding carboxylic acids is 1. The molecule has 0 saturated heterocycles. The first-order chi connectivity index (χ1) is 10.1. The van der Waals surface area contributed by atoms with Gasteiger partial charge in [0.1, 0.15) is 5.69 Å². The predicted octanol–water partition coefficient (Wildman–Crippen LogP) is 2.02. The average molecular weight is 308 g/mol. The molecule has 1 heterocycles. The Labute approximate surface area is 128 Å². The topological polar surface area (TPSA) is 81.1 Å². The molecule has 21 heavy (non-hydrogen) atoms. The van der Waals surface area contributed by atoms with E-state index in [0.717, 1.165) is 23.4 Å². The minimum absolute atomic E-state index is 0.207. The fourth-order valence-electron chi connectivity index (χ4n) is 2.15. The van der Waals surface area contributed by atoms with E-state index in [1.807, 2.05) is 24.3 Å². The number of rotatable bonds is 7. The Morgan fingerprint density at radius 2 is 2.19 bits per heavy atom. The van der Waals surface area contributed by atoms with Crippen molar-refractivity contribution < 1.29 is 9.90 Å². The average Bonchev–Trinajstić information content (AvgIpc) is 2.89. The number of amides is 1. The number of hydrogen-bond donors (Lipinski definition) is 2. The van der Waals surface area contributed by atoms with E-state index in [4.69, 9.17) is 17.3 Å². The van der Waals surface area contributed by atoms with Crippen molar-refractivity contribution in [1.29, 1.82) is 0 Å². The van der Waals surface area contributed by atoms with Crippen molar-refractivity contribution in [3.8, 4) is 0 Å². The minimum Gasteiger partial charge on any atom is -0.391 e. The number of carbonyl (C=O) groups is 1. The fraction of sp³-hybridized carbons (Fsp3) is 0.333. The molecule has 1 atom stereocenters. The smallest absolute Gasteiger partial charge is 0.268 e. The van der Waals surface area contributed by atoms with Crippen molar-refractivity contribution in [3.05, 3.63) is 53.1 Å². The van der Waals surface area contributed by atoms with Gasteiger partial charge in [-0.2, -0.15) is 0 Å². The Hall–Kier alpha value is -1.85. The van der Waals surface area contributed by atoms with Gasteiger partial charge in [0, 0.05) is 17.8 Å². The lowest BCUT2D eigenvalue weighted by Crippen LogP contribution is -2.15. The maximum atomic E-state index is 10.9. The summed E-state index contributed by atoms with van der Waals surface area (Å²) in [4.78, 5) is 14.8. The largest absolute Gasteiger partial charge is 0.391 e. The van der Waals surface area contributed by atoms with Crippen LogP contribution in [0, 0.1) is 0 Å². The van der Waals surface area contributed by atoms with Gasteiger partial charge in [-0.05, 0) is 30.9 Å². The Bertz CT molecular complexity index is 612. The van der Waals surface area contributed by atoms with Gasteiger partial charge in [0.2, 0.25) is 0 Å². The first-order valence-corrected chi connectivity index (χ1v) is 7.17. The number of aromatic nitrogens is 2. The van der Waals surface area contributed by atoms with Crippen LogP contribution in [0.1, 0.15) is 28.9 Å². The summed E-state index contributed by atoms with van der Waals surface area (Å²) in [7, 11) is 0. The number of imidazole rings is 1. The fourth-order valence-corrected chi connectivity index (χ4v) is 2.38. The van der Waals surface area contributed by atoms with Crippen LogP contribution in [0.2, 0.25) is 5.02 Å². The summed E-state index contributed by atoms with van der Waals surface area (Å²) in [6, 6.07) is 7.71. The molecule has 0 bridgehead atoms. The Balaban J connectivity index is 1.78. The zero-order valence-corrected chi connectivity index (χ0v) is 12.3. The maximum absolute atomic E-state index is 10.9. The van der Waals surface area contributed by atoms with Crippen LogP contribution in [0.5, 0.6) is 0 Å². The molecule has 1 unspecified atom stereocenters. The van der Waals surface area contributed by atoms with Gasteiger partial charge in [-0.25, -0.2) is 4.98 Å². The van der Waals surface area contributed by atoms with Gasteiger partial charge < -0.3 is 15.4 Å². The van der Waals surface area contributed by atoms with E-state index in [0.29, 0.717) is 13.0 Å². The van der Waals surface area contributed by atoms with Crippen LogP contribution in [-0.4, -0.2) is 26.7 Å². The maximum Gasteiger partial charge on any atom is 0.268 e. The highest BCUT2D eigenvalue weighted by molar-refractivity contribution is 6.31. The van der Waals surface area contributed by atoms with Crippen LogP contribution in [0.25, 0.3) is 0 Å². The van der Waals surface area contributed by atoms with E-state index < -0.39 is 12.0 Å². The van der Waals surface area contributed by atoms with Crippen LogP contribution >= 0.6 is 11.6 Å². The lowest BCUT2D eigenvalue weighted by molar-refractivity contribution is 0.0995. The SMILES string of the molecule is NC(=O)c1cn(CC(O)CCCc2ccccc2Cl)cn1. The predicted molar refractivity (Wildman–Crippen MR) is 81.1 cm³/mol. The number of nitrogens with zero attached hydrogens (tertiary/aromatic N) is 2.